The summed E-state index contributed by atoms with van der Waals surface area (Å²) in [5.74, 6) is 0.867. The minimum absolute atomic E-state index is 0.296. The van der Waals surface area contributed by atoms with Crippen LogP contribution in [-0.2, 0) is 20.8 Å². The van der Waals surface area contributed by atoms with Gasteiger partial charge in [-0.2, -0.15) is 0 Å². The Morgan fingerprint density at radius 2 is 2.06 bits per heavy atom. The smallest absolute Gasteiger partial charge is 0.146 e. The minimum Gasteiger partial charge on any atom is -0.491 e. The summed E-state index contributed by atoms with van der Waals surface area (Å²) in [6.45, 7) is 2.33. The van der Waals surface area contributed by atoms with E-state index in [2.05, 4.69) is 0 Å². The van der Waals surface area contributed by atoms with E-state index in [1.54, 1.807) is 7.11 Å². The molecule has 2 rings (SSSR count). The molecule has 88 valence electrons. The van der Waals surface area contributed by atoms with Crippen LogP contribution in [0.25, 0.3) is 0 Å². The molecule has 4 heteroatoms. The molecule has 1 aliphatic heterocycles. The molecule has 1 unspecified atom stereocenters. The van der Waals surface area contributed by atoms with Gasteiger partial charge < -0.3 is 18.9 Å². The topological polar surface area (TPSA) is 40.2 Å². The molecular weight excluding hydrogens is 208 g/mol. The van der Waals surface area contributed by atoms with Gasteiger partial charge in [0.1, 0.15) is 25.3 Å². The number of methoxy groups -OCH3 is 1. The van der Waals surface area contributed by atoms with Crippen LogP contribution in [0.2, 0.25) is 0 Å². The highest BCUT2D eigenvalue weighted by atomic mass is 16.7. The fourth-order valence-electron chi connectivity index (χ4n) is 1.28. The maximum absolute atomic E-state index is 5.52. The van der Waals surface area contributed by atoms with Crippen LogP contribution in [0, 0.1) is 0 Å². The van der Waals surface area contributed by atoms with Gasteiger partial charge in [0.15, 0.2) is 0 Å². The molecule has 1 aromatic carbocycles. The van der Waals surface area contributed by atoms with E-state index in [1.165, 1.54) is 0 Å². The Hall–Kier alpha value is -1.10. The summed E-state index contributed by atoms with van der Waals surface area (Å²) in [6.07, 6.45) is 0.296. The van der Waals surface area contributed by atoms with Crippen molar-refractivity contribution in [2.24, 2.45) is 0 Å². The lowest BCUT2D eigenvalue weighted by atomic mass is 10.2. The molecule has 0 radical (unpaired) electrons. The first kappa shape index (κ1) is 11.4. The number of benzene rings is 1. The van der Waals surface area contributed by atoms with Crippen molar-refractivity contribution in [1.82, 2.24) is 0 Å². The fraction of sp³-hybridized carbons (Fsp3) is 0.500. The van der Waals surface area contributed by atoms with Gasteiger partial charge in [0.05, 0.1) is 13.2 Å². The third kappa shape index (κ3) is 3.81. The molecule has 1 atom stereocenters. The van der Waals surface area contributed by atoms with Crippen LogP contribution in [0.15, 0.2) is 24.3 Å². The van der Waals surface area contributed by atoms with Crippen molar-refractivity contribution < 1.29 is 18.9 Å². The largest absolute Gasteiger partial charge is 0.491 e. The Labute approximate surface area is 95.1 Å². The Morgan fingerprint density at radius 3 is 2.69 bits per heavy atom. The molecule has 0 aromatic heterocycles. The first-order valence-electron chi connectivity index (χ1n) is 5.28. The van der Waals surface area contributed by atoms with Crippen LogP contribution in [0.3, 0.4) is 0 Å². The molecule has 1 fully saturated rings. The van der Waals surface area contributed by atoms with Gasteiger partial charge in [-0.3, -0.25) is 0 Å². The number of hydrogen-bond acceptors (Lipinski definition) is 4. The van der Waals surface area contributed by atoms with E-state index in [-0.39, 0.29) is 0 Å². The number of ether oxygens (including phenoxy) is 4. The molecular formula is C12H16O4. The second kappa shape index (κ2) is 5.84. The monoisotopic (exact) mass is 224 g/mol. The first-order valence-corrected chi connectivity index (χ1v) is 5.28. The maximum atomic E-state index is 5.52. The van der Waals surface area contributed by atoms with Crippen molar-refractivity contribution in [3.05, 3.63) is 29.8 Å². The summed E-state index contributed by atoms with van der Waals surface area (Å²) in [5, 5.41) is 0. The van der Waals surface area contributed by atoms with E-state index in [0.717, 1.165) is 17.9 Å². The minimum atomic E-state index is 0.296. The van der Waals surface area contributed by atoms with E-state index in [1.807, 2.05) is 24.3 Å². The van der Waals surface area contributed by atoms with Gasteiger partial charge >= 0.3 is 0 Å². The number of hydrogen-bond donors (Lipinski definition) is 0. The van der Waals surface area contributed by atoms with Gasteiger partial charge in [-0.1, -0.05) is 12.1 Å². The molecule has 1 heterocycles. The van der Waals surface area contributed by atoms with Crippen LogP contribution >= 0.6 is 0 Å². The molecule has 16 heavy (non-hydrogen) atoms. The van der Waals surface area contributed by atoms with Gasteiger partial charge in [0.25, 0.3) is 0 Å². The maximum Gasteiger partial charge on any atom is 0.146 e. The molecule has 1 aromatic rings. The van der Waals surface area contributed by atoms with E-state index in [4.69, 9.17) is 18.9 Å². The third-order valence-electron chi connectivity index (χ3n) is 2.23. The van der Waals surface area contributed by atoms with E-state index >= 15 is 0 Å². The van der Waals surface area contributed by atoms with Gasteiger partial charge in [0.2, 0.25) is 0 Å². The lowest BCUT2D eigenvalue weighted by Crippen LogP contribution is -2.04. The van der Waals surface area contributed by atoms with Gasteiger partial charge in [-0.15, -0.1) is 0 Å². The van der Waals surface area contributed by atoms with Crippen molar-refractivity contribution in [1.29, 1.82) is 0 Å². The SMILES string of the molecule is COCOCc1ccc(OCC2CO2)cc1. The van der Waals surface area contributed by atoms with E-state index in [9.17, 15) is 0 Å². The molecule has 4 nitrogen and oxygen atoms in total. The Balaban J connectivity index is 1.74. The molecule has 0 aliphatic carbocycles. The van der Waals surface area contributed by atoms with Crippen molar-refractivity contribution in [3.8, 4) is 5.75 Å². The summed E-state index contributed by atoms with van der Waals surface area (Å²) < 4.78 is 20.6. The van der Waals surface area contributed by atoms with Crippen molar-refractivity contribution in [3.63, 3.8) is 0 Å². The first-order chi connectivity index (χ1) is 7.88. The third-order valence-corrected chi connectivity index (χ3v) is 2.23. The predicted octanol–water partition coefficient (Wildman–Crippen LogP) is 1.58. The van der Waals surface area contributed by atoms with Crippen LogP contribution in [0.4, 0.5) is 0 Å². The average molecular weight is 224 g/mol. The zero-order valence-corrected chi connectivity index (χ0v) is 9.35. The van der Waals surface area contributed by atoms with Crippen molar-refractivity contribution in [2.75, 3.05) is 27.1 Å². The molecule has 0 saturated carbocycles. The zero-order chi connectivity index (χ0) is 11.2. The average Bonchev–Trinajstić information content (AvgIpc) is 3.12. The standard InChI is InChI=1S/C12H16O4/c1-13-9-14-6-10-2-4-11(5-3-10)15-7-12-8-16-12/h2-5,12H,6-9H2,1H3. The summed E-state index contributed by atoms with van der Waals surface area (Å²) >= 11 is 0. The highest BCUT2D eigenvalue weighted by Crippen LogP contribution is 2.16. The van der Waals surface area contributed by atoms with E-state index < -0.39 is 0 Å². The summed E-state index contributed by atoms with van der Waals surface area (Å²) in [7, 11) is 1.61. The van der Waals surface area contributed by atoms with E-state index in [0.29, 0.717) is 26.1 Å². The summed E-state index contributed by atoms with van der Waals surface area (Å²) in [4.78, 5) is 0. The highest BCUT2D eigenvalue weighted by molar-refractivity contribution is 5.26. The van der Waals surface area contributed by atoms with Crippen LogP contribution in [0.1, 0.15) is 5.56 Å². The lowest BCUT2D eigenvalue weighted by Gasteiger charge is -2.06. The molecule has 0 amide bonds. The summed E-state index contributed by atoms with van der Waals surface area (Å²) in [6, 6.07) is 7.85. The Bertz CT molecular complexity index is 305. The zero-order valence-electron chi connectivity index (χ0n) is 9.35. The van der Waals surface area contributed by atoms with Crippen molar-refractivity contribution >= 4 is 0 Å². The number of rotatable bonds is 7. The highest BCUT2D eigenvalue weighted by Gasteiger charge is 2.22. The van der Waals surface area contributed by atoms with Crippen LogP contribution in [-0.4, -0.2) is 33.2 Å². The molecule has 0 bridgehead atoms. The quantitative estimate of drug-likeness (QED) is 0.400. The van der Waals surface area contributed by atoms with Gasteiger partial charge in [-0.25, -0.2) is 0 Å². The summed E-state index contributed by atoms with van der Waals surface area (Å²) in [5.41, 5.74) is 1.10. The normalized spacial score (nSPS) is 18.4. The van der Waals surface area contributed by atoms with Gasteiger partial charge in [-0.05, 0) is 17.7 Å². The molecule has 1 aliphatic rings. The fourth-order valence-corrected chi connectivity index (χ4v) is 1.28. The Kier molecular flexibility index (Phi) is 4.16. The molecule has 1 saturated heterocycles. The second-order valence-corrected chi connectivity index (χ2v) is 3.67. The number of epoxide rings is 1. The second-order valence-electron chi connectivity index (χ2n) is 3.67. The lowest BCUT2D eigenvalue weighted by molar-refractivity contribution is -0.0390. The van der Waals surface area contributed by atoms with Crippen molar-refractivity contribution in [2.45, 2.75) is 12.7 Å². The molecule has 0 spiro atoms. The van der Waals surface area contributed by atoms with Crippen LogP contribution < -0.4 is 4.74 Å². The molecule has 0 N–H and O–H groups in total. The predicted molar refractivity (Wildman–Crippen MR) is 58.3 cm³/mol. The Morgan fingerprint density at radius 1 is 1.31 bits per heavy atom. The van der Waals surface area contributed by atoms with Gasteiger partial charge in [0, 0.05) is 7.11 Å². The van der Waals surface area contributed by atoms with Crippen LogP contribution in [0.5, 0.6) is 5.75 Å².